The van der Waals surface area contributed by atoms with Crippen molar-refractivity contribution in [3.63, 3.8) is 0 Å². The summed E-state index contributed by atoms with van der Waals surface area (Å²) in [6.45, 7) is 0. The normalized spacial score (nSPS) is 21.1. The molecule has 1 aliphatic rings. The molecule has 1 heterocycles. The second-order valence-corrected chi connectivity index (χ2v) is 5.88. The van der Waals surface area contributed by atoms with Gasteiger partial charge in [0.1, 0.15) is 10.4 Å². The summed E-state index contributed by atoms with van der Waals surface area (Å²) in [6.07, 6.45) is 4.11. The molecule has 3 rings (SSSR count). The Hall–Kier alpha value is -1.55. The summed E-state index contributed by atoms with van der Waals surface area (Å²) in [6, 6.07) is 12.9. The Morgan fingerprint density at radius 3 is 2.60 bits per heavy atom. The van der Waals surface area contributed by atoms with Crippen LogP contribution in [0.1, 0.15) is 24.3 Å². The van der Waals surface area contributed by atoms with Crippen LogP contribution >= 0.6 is 15.9 Å². The molecule has 0 saturated heterocycles. The van der Waals surface area contributed by atoms with Crippen LogP contribution in [0.3, 0.4) is 0 Å². The van der Waals surface area contributed by atoms with Crippen molar-refractivity contribution in [2.75, 3.05) is 12.4 Å². The van der Waals surface area contributed by atoms with Gasteiger partial charge in [0.05, 0.1) is 12.8 Å². The van der Waals surface area contributed by atoms with Crippen LogP contribution in [0.2, 0.25) is 0 Å². The van der Waals surface area contributed by atoms with Gasteiger partial charge in [-0.05, 0) is 64.5 Å². The van der Waals surface area contributed by atoms with Crippen molar-refractivity contribution < 1.29 is 4.74 Å². The number of nitrogens with zero attached hydrogens (tertiary/aromatic N) is 1. The molecule has 0 spiro atoms. The Kier molecular flexibility index (Phi) is 3.92. The number of halogens is 1. The molecule has 1 aromatic carbocycles. The molecule has 0 atom stereocenters. The third kappa shape index (κ3) is 2.80. The molecule has 0 bridgehead atoms. The van der Waals surface area contributed by atoms with Crippen molar-refractivity contribution >= 4 is 21.6 Å². The molecular formula is C16H17BrN2O. The molecule has 3 nitrogen and oxygen atoms in total. The van der Waals surface area contributed by atoms with Gasteiger partial charge in [0, 0.05) is 12.2 Å². The Morgan fingerprint density at radius 2 is 1.95 bits per heavy atom. The number of pyridine rings is 1. The number of methoxy groups -OCH3 is 1. The molecule has 4 heteroatoms. The van der Waals surface area contributed by atoms with E-state index < -0.39 is 0 Å². The summed E-state index contributed by atoms with van der Waals surface area (Å²) in [5.74, 6) is 1.57. The van der Waals surface area contributed by atoms with Gasteiger partial charge in [0.15, 0.2) is 0 Å². The van der Waals surface area contributed by atoms with E-state index in [0.29, 0.717) is 12.0 Å². The third-order valence-corrected chi connectivity index (χ3v) is 4.48. The third-order valence-electron chi connectivity index (χ3n) is 3.84. The van der Waals surface area contributed by atoms with Gasteiger partial charge in [-0.1, -0.05) is 12.1 Å². The zero-order valence-electron chi connectivity index (χ0n) is 11.3. The first kappa shape index (κ1) is 13.4. The number of nitrogens with one attached hydrogen (secondary N) is 1. The fourth-order valence-corrected chi connectivity index (χ4v) is 2.96. The molecule has 0 unspecified atom stereocenters. The lowest BCUT2D eigenvalue weighted by Crippen LogP contribution is -2.34. The summed E-state index contributed by atoms with van der Waals surface area (Å²) in [5.41, 5.74) is 2.47. The topological polar surface area (TPSA) is 34.1 Å². The summed E-state index contributed by atoms with van der Waals surface area (Å²) in [4.78, 5) is 4.23. The predicted octanol–water partition coefficient (Wildman–Crippen LogP) is 4.21. The van der Waals surface area contributed by atoms with Crippen LogP contribution in [-0.4, -0.2) is 18.1 Å². The predicted molar refractivity (Wildman–Crippen MR) is 84.3 cm³/mol. The van der Waals surface area contributed by atoms with E-state index in [1.807, 2.05) is 18.2 Å². The first-order valence-electron chi connectivity index (χ1n) is 6.77. The van der Waals surface area contributed by atoms with Crippen molar-refractivity contribution in [3.05, 3.63) is 52.8 Å². The van der Waals surface area contributed by atoms with Crippen LogP contribution in [0.25, 0.3) is 0 Å². The van der Waals surface area contributed by atoms with E-state index in [1.165, 1.54) is 5.56 Å². The largest absolute Gasteiger partial charge is 0.497 e. The molecule has 104 valence electrons. The van der Waals surface area contributed by atoms with Gasteiger partial charge < -0.3 is 10.1 Å². The smallest absolute Gasteiger partial charge is 0.129 e. The van der Waals surface area contributed by atoms with Gasteiger partial charge in [-0.25, -0.2) is 4.98 Å². The maximum atomic E-state index is 5.19. The van der Waals surface area contributed by atoms with E-state index in [9.17, 15) is 0 Å². The zero-order chi connectivity index (χ0) is 13.9. The van der Waals surface area contributed by atoms with Crippen LogP contribution in [0.4, 0.5) is 5.69 Å². The molecule has 0 radical (unpaired) electrons. The van der Waals surface area contributed by atoms with Gasteiger partial charge in [-0.15, -0.1) is 0 Å². The monoisotopic (exact) mass is 332 g/mol. The minimum absolute atomic E-state index is 0.530. The summed E-state index contributed by atoms with van der Waals surface area (Å²) in [7, 11) is 1.70. The van der Waals surface area contributed by atoms with E-state index in [4.69, 9.17) is 4.74 Å². The molecule has 0 amide bonds. The molecule has 1 N–H and O–H groups in total. The van der Waals surface area contributed by atoms with Crippen molar-refractivity contribution in [1.29, 1.82) is 0 Å². The number of benzene rings is 1. The van der Waals surface area contributed by atoms with Gasteiger partial charge in [0.2, 0.25) is 0 Å². The first-order chi connectivity index (χ1) is 9.76. The molecule has 1 saturated carbocycles. The lowest BCUT2D eigenvalue weighted by molar-refractivity contribution is 0.373. The van der Waals surface area contributed by atoms with Crippen molar-refractivity contribution in [3.8, 4) is 5.75 Å². The first-order valence-corrected chi connectivity index (χ1v) is 7.56. The second-order valence-electron chi connectivity index (χ2n) is 5.12. The second kappa shape index (κ2) is 5.83. The molecule has 2 aromatic rings. The number of anilines is 1. The van der Waals surface area contributed by atoms with Crippen molar-refractivity contribution in [2.24, 2.45) is 0 Å². The van der Waals surface area contributed by atoms with E-state index in [1.54, 1.807) is 13.3 Å². The van der Waals surface area contributed by atoms with Gasteiger partial charge >= 0.3 is 0 Å². The Balaban J connectivity index is 1.57. The fraction of sp³-hybridized carbons (Fsp3) is 0.312. The number of aromatic nitrogens is 1. The molecule has 1 aliphatic carbocycles. The minimum atomic E-state index is 0.530. The highest BCUT2D eigenvalue weighted by Crippen LogP contribution is 2.39. The van der Waals surface area contributed by atoms with E-state index in [0.717, 1.165) is 28.9 Å². The Labute approximate surface area is 127 Å². The minimum Gasteiger partial charge on any atom is -0.497 e. The average Bonchev–Trinajstić information content (AvgIpc) is 2.44. The van der Waals surface area contributed by atoms with Gasteiger partial charge in [-0.2, -0.15) is 0 Å². The Morgan fingerprint density at radius 1 is 1.20 bits per heavy atom. The van der Waals surface area contributed by atoms with Crippen LogP contribution in [0.15, 0.2) is 47.2 Å². The SMILES string of the molecule is COc1ccc(C2CC(Nc3cccnc3Br)C2)cc1. The van der Waals surface area contributed by atoms with E-state index in [2.05, 4.69) is 44.4 Å². The van der Waals surface area contributed by atoms with E-state index in [-0.39, 0.29) is 0 Å². The number of rotatable bonds is 4. The van der Waals surface area contributed by atoms with Crippen LogP contribution in [0, 0.1) is 0 Å². The molecule has 1 aromatic heterocycles. The number of hydrogen-bond acceptors (Lipinski definition) is 3. The maximum Gasteiger partial charge on any atom is 0.129 e. The summed E-state index contributed by atoms with van der Waals surface area (Å²) < 4.78 is 6.07. The standard InChI is InChI=1S/C16H17BrN2O/c1-20-14-6-4-11(5-7-14)12-9-13(10-12)19-15-3-2-8-18-16(15)17/h2-8,12-13,19H,9-10H2,1H3. The van der Waals surface area contributed by atoms with Crippen LogP contribution in [-0.2, 0) is 0 Å². The highest BCUT2D eigenvalue weighted by molar-refractivity contribution is 9.10. The summed E-state index contributed by atoms with van der Waals surface area (Å²) in [5, 5.41) is 3.53. The Bertz CT molecular complexity index is 579. The number of ether oxygens (including phenoxy) is 1. The number of hydrogen-bond donors (Lipinski definition) is 1. The summed E-state index contributed by atoms with van der Waals surface area (Å²) >= 11 is 3.47. The molecule has 20 heavy (non-hydrogen) atoms. The van der Waals surface area contributed by atoms with Gasteiger partial charge in [0.25, 0.3) is 0 Å². The average molecular weight is 333 g/mol. The van der Waals surface area contributed by atoms with Crippen molar-refractivity contribution in [1.82, 2.24) is 4.98 Å². The van der Waals surface area contributed by atoms with Crippen LogP contribution < -0.4 is 10.1 Å². The van der Waals surface area contributed by atoms with E-state index >= 15 is 0 Å². The quantitative estimate of drug-likeness (QED) is 0.851. The zero-order valence-corrected chi connectivity index (χ0v) is 12.9. The molecule has 1 fully saturated rings. The fourth-order valence-electron chi connectivity index (χ4n) is 2.60. The molecular weight excluding hydrogens is 316 g/mol. The van der Waals surface area contributed by atoms with Gasteiger partial charge in [-0.3, -0.25) is 0 Å². The lowest BCUT2D eigenvalue weighted by Gasteiger charge is -2.37. The van der Waals surface area contributed by atoms with Crippen molar-refractivity contribution in [2.45, 2.75) is 24.8 Å². The maximum absolute atomic E-state index is 5.19. The van der Waals surface area contributed by atoms with Crippen LogP contribution in [0.5, 0.6) is 5.75 Å². The highest BCUT2D eigenvalue weighted by atomic mass is 79.9. The highest BCUT2D eigenvalue weighted by Gasteiger charge is 2.30. The molecule has 0 aliphatic heterocycles. The lowest BCUT2D eigenvalue weighted by atomic mass is 9.76.